The molecule has 0 bridgehead atoms. The summed E-state index contributed by atoms with van der Waals surface area (Å²) in [5, 5.41) is 11.7. The largest absolute Gasteiger partial charge is 0.381 e. The molecule has 2 aromatic rings. The Bertz CT molecular complexity index is 1100. The van der Waals surface area contributed by atoms with Gasteiger partial charge in [-0.05, 0) is 18.9 Å². The summed E-state index contributed by atoms with van der Waals surface area (Å²) in [6, 6.07) is 4.20. The number of nitriles is 1. The average molecular weight is 435 g/mol. The van der Waals surface area contributed by atoms with E-state index in [1.54, 1.807) is 0 Å². The molecule has 3 rings (SSSR count). The second-order valence-corrected chi connectivity index (χ2v) is 7.55. The highest BCUT2D eigenvalue weighted by molar-refractivity contribution is 7.14. The Kier molecular flexibility index (Phi) is 6.93. The molecule has 2 aromatic heterocycles. The third kappa shape index (κ3) is 5.29. The zero-order chi connectivity index (χ0) is 21.7. The zero-order valence-corrected chi connectivity index (χ0v) is 16.4. The summed E-state index contributed by atoms with van der Waals surface area (Å²) < 4.78 is 44.6. The minimum atomic E-state index is -2.86. The van der Waals surface area contributed by atoms with E-state index in [-0.39, 0.29) is 21.4 Å². The van der Waals surface area contributed by atoms with Crippen molar-refractivity contribution in [1.29, 1.82) is 5.26 Å². The van der Waals surface area contributed by atoms with Gasteiger partial charge < -0.3 is 14.6 Å². The lowest BCUT2D eigenvalue weighted by atomic mass is 10.0. The van der Waals surface area contributed by atoms with Crippen LogP contribution < -0.4 is 10.9 Å². The maximum absolute atomic E-state index is 13.7. The number of pyridine rings is 1. The van der Waals surface area contributed by atoms with Gasteiger partial charge in [-0.15, -0.1) is 11.3 Å². The molecule has 1 aliphatic heterocycles. The van der Waals surface area contributed by atoms with Crippen molar-refractivity contribution in [3.63, 3.8) is 0 Å². The van der Waals surface area contributed by atoms with Crippen molar-refractivity contribution in [2.45, 2.75) is 25.8 Å². The fourth-order valence-corrected chi connectivity index (χ4v) is 3.65. The van der Waals surface area contributed by atoms with Crippen molar-refractivity contribution in [2.24, 2.45) is 5.92 Å². The van der Waals surface area contributed by atoms with E-state index >= 15 is 0 Å². The van der Waals surface area contributed by atoms with Gasteiger partial charge in [-0.1, -0.05) is 11.8 Å². The highest BCUT2D eigenvalue weighted by Gasteiger charge is 2.17. The molecule has 156 valence electrons. The van der Waals surface area contributed by atoms with Gasteiger partial charge in [0.05, 0.1) is 22.7 Å². The van der Waals surface area contributed by atoms with Gasteiger partial charge in [0.1, 0.15) is 10.9 Å². The van der Waals surface area contributed by atoms with E-state index in [0.717, 1.165) is 36.4 Å². The number of hydrogen-bond acceptors (Lipinski definition) is 5. The molecule has 1 aliphatic rings. The molecular formula is C20H16F3N3O3S. The first-order chi connectivity index (χ1) is 14.4. The van der Waals surface area contributed by atoms with Crippen molar-refractivity contribution < 1.29 is 22.7 Å². The normalized spacial score (nSPS) is 14.1. The van der Waals surface area contributed by atoms with Crippen LogP contribution in [0.15, 0.2) is 23.1 Å². The molecular weight excluding hydrogens is 419 g/mol. The molecule has 0 unspecified atom stereocenters. The molecule has 1 fully saturated rings. The quantitative estimate of drug-likeness (QED) is 0.748. The Labute approximate surface area is 173 Å². The monoisotopic (exact) mass is 435 g/mol. The van der Waals surface area contributed by atoms with E-state index in [1.165, 1.54) is 6.07 Å². The number of thiophene rings is 1. The number of rotatable bonds is 4. The van der Waals surface area contributed by atoms with Crippen LogP contribution in [0.5, 0.6) is 0 Å². The molecule has 10 heteroatoms. The van der Waals surface area contributed by atoms with E-state index in [0.29, 0.717) is 23.3 Å². The number of amides is 1. The summed E-state index contributed by atoms with van der Waals surface area (Å²) >= 11 is 0.913. The van der Waals surface area contributed by atoms with Crippen LogP contribution in [0, 0.1) is 34.9 Å². The van der Waals surface area contributed by atoms with Gasteiger partial charge in [0.25, 0.3) is 17.9 Å². The van der Waals surface area contributed by atoms with E-state index in [2.05, 4.69) is 17.2 Å². The first kappa shape index (κ1) is 21.6. The van der Waals surface area contributed by atoms with Gasteiger partial charge >= 0.3 is 0 Å². The van der Waals surface area contributed by atoms with E-state index in [4.69, 9.17) is 4.74 Å². The standard InChI is InChI=1S/C20H16F3N3O3S/c21-15-8-14(10-26(20(15)28)11-18(22)23)25-19(27)16-7-13(17(9-24)30-16)2-1-12-3-5-29-6-4-12/h7-8,10,12,18H,3-6,11H2,(H,25,27). The molecule has 0 radical (unpaired) electrons. The number of nitrogens with zero attached hydrogens (tertiary/aromatic N) is 2. The van der Waals surface area contributed by atoms with Gasteiger partial charge in [-0.2, -0.15) is 5.26 Å². The van der Waals surface area contributed by atoms with Crippen LogP contribution in [-0.2, 0) is 11.3 Å². The van der Waals surface area contributed by atoms with Crippen molar-refractivity contribution in [2.75, 3.05) is 18.5 Å². The molecule has 1 N–H and O–H groups in total. The fraction of sp³-hybridized carbons (Fsp3) is 0.350. The van der Waals surface area contributed by atoms with Gasteiger partial charge in [0.15, 0.2) is 5.82 Å². The molecule has 30 heavy (non-hydrogen) atoms. The number of hydrogen-bond donors (Lipinski definition) is 1. The number of nitrogens with one attached hydrogen (secondary N) is 1. The minimum Gasteiger partial charge on any atom is -0.381 e. The Morgan fingerprint density at radius 3 is 2.77 bits per heavy atom. The third-order valence-electron chi connectivity index (χ3n) is 4.32. The summed E-state index contributed by atoms with van der Waals surface area (Å²) in [4.78, 5) is 24.5. The number of aromatic nitrogens is 1. The summed E-state index contributed by atoms with van der Waals surface area (Å²) in [6.07, 6.45) is -0.320. The lowest BCUT2D eigenvalue weighted by Gasteiger charge is -2.16. The van der Waals surface area contributed by atoms with Gasteiger partial charge in [-0.25, -0.2) is 13.2 Å². The van der Waals surface area contributed by atoms with E-state index in [1.807, 2.05) is 6.07 Å². The topological polar surface area (TPSA) is 84.1 Å². The molecule has 0 atom stereocenters. The first-order valence-electron chi connectivity index (χ1n) is 9.00. The lowest BCUT2D eigenvalue weighted by molar-refractivity contribution is 0.0807. The molecule has 6 nitrogen and oxygen atoms in total. The number of carbonyl (C=O) groups is 1. The van der Waals surface area contributed by atoms with Crippen LogP contribution in [0.2, 0.25) is 0 Å². The summed E-state index contributed by atoms with van der Waals surface area (Å²) in [5.74, 6) is 4.24. The molecule has 0 saturated carbocycles. The smallest absolute Gasteiger partial charge is 0.286 e. The van der Waals surface area contributed by atoms with Crippen molar-refractivity contribution in [3.8, 4) is 17.9 Å². The summed E-state index contributed by atoms with van der Waals surface area (Å²) in [7, 11) is 0. The maximum atomic E-state index is 13.7. The molecule has 0 aromatic carbocycles. The highest BCUT2D eigenvalue weighted by Crippen LogP contribution is 2.23. The van der Waals surface area contributed by atoms with Crippen LogP contribution in [0.3, 0.4) is 0 Å². The zero-order valence-electron chi connectivity index (χ0n) is 15.6. The summed E-state index contributed by atoms with van der Waals surface area (Å²) in [6.45, 7) is 0.265. The molecule has 0 aliphatic carbocycles. The fourth-order valence-electron chi connectivity index (χ4n) is 2.85. The Hall–Kier alpha value is -3.08. The summed E-state index contributed by atoms with van der Waals surface area (Å²) in [5.41, 5.74) is -0.950. The number of carbonyl (C=O) groups excluding carboxylic acids is 1. The predicted octanol–water partition coefficient (Wildman–Crippen LogP) is 3.22. The van der Waals surface area contributed by atoms with Gasteiger partial charge in [0.2, 0.25) is 0 Å². The van der Waals surface area contributed by atoms with Crippen LogP contribution in [-0.4, -0.2) is 30.1 Å². The molecule has 1 saturated heterocycles. The van der Waals surface area contributed by atoms with E-state index < -0.39 is 30.3 Å². The van der Waals surface area contributed by atoms with E-state index in [9.17, 15) is 28.0 Å². The Morgan fingerprint density at radius 2 is 2.10 bits per heavy atom. The van der Waals surface area contributed by atoms with Crippen LogP contribution in [0.4, 0.5) is 18.9 Å². The molecule has 3 heterocycles. The average Bonchev–Trinajstić information content (AvgIpc) is 3.14. The number of alkyl halides is 2. The second-order valence-electron chi connectivity index (χ2n) is 6.50. The molecule has 0 spiro atoms. The van der Waals surface area contributed by atoms with Crippen LogP contribution in [0.1, 0.15) is 33.0 Å². The first-order valence-corrected chi connectivity index (χ1v) is 9.81. The second kappa shape index (κ2) is 9.61. The minimum absolute atomic E-state index is 0.148. The SMILES string of the molecule is N#Cc1sc(C(=O)Nc2cc(F)c(=O)n(CC(F)F)c2)cc1C#CC1CCOCC1. The Balaban J connectivity index is 1.80. The predicted molar refractivity (Wildman–Crippen MR) is 104 cm³/mol. The van der Waals surface area contributed by atoms with Crippen LogP contribution in [0.25, 0.3) is 0 Å². The third-order valence-corrected chi connectivity index (χ3v) is 5.36. The van der Waals surface area contributed by atoms with Gasteiger partial charge in [-0.3, -0.25) is 9.59 Å². The van der Waals surface area contributed by atoms with Gasteiger partial charge in [0, 0.05) is 31.4 Å². The Morgan fingerprint density at radius 1 is 1.37 bits per heavy atom. The number of ether oxygens (including phenoxy) is 1. The lowest BCUT2D eigenvalue weighted by Crippen LogP contribution is -2.26. The van der Waals surface area contributed by atoms with Crippen molar-refractivity contribution in [1.82, 2.24) is 4.57 Å². The highest BCUT2D eigenvalue weighted by atomic mass is 32.1. The number of anilines is 1. The van der Waals surface area contributed by atoms with Crippen molar-refractivity contribution in [3.05, 3.63) is 49.8 Å². The number of halogens is 3. The maximum Gasteiger partial charge on any atom is 0.286 e. The van der Waals surface area contributed by atoms with Crippen molar-refractivity contribution >= 4 is 22.9 Å². The van der Waals surface area contributed by atoms with Crippen LogP contribution >= 0.6 is 11.3 Å². The molecule has 1 amide bonds.